The van der Waals surface area contributed by atoms with Crippen molar-refractivity contribution in [2.45, 2.75) is 13.3 Å². The van der Waals surface area contributed by atoms with Crippen molar-refractivity contribution in [2.24, 2.45) is 0 Å². The van der Waals surface area contributed by atoms with Crippen LogP contribution in [0.15, 0.2) is 12.1 Å². The Hall–Kier alpha value is -1.87. The summed E-state index contributed by atoms with van der Waals surface area (Å²) >= 11 is 0.866. The first-order valence-corrected chi connectivity index (χ1v) is 5.39. The Bertz CT molecular complexity index is 456. The molecule has 5 nitrogen and oxygen atoms in total. The minimum absolute atomic E-state index is 0.0292. The number of hydrogen-bond donors (Lipinski definition) is 1. The third kappa shape index (κ3) is 3.37. The fourth-order valence-corrected chi connectivity index (χ4v) is 1.74. The van der Waals surface area contributed by atoms with Gasteiger partial charge in [-0.05, 0) is 13.0 Å². The summed E-state index contributed by atoms with van der Waals surface area (Å²) in [6.45, 7) is 2.18. The molecule has 1 amide bonds. The van der Waals surface area contributed by atoms with Gasteiger partial charge in [0, 0.05) is 19.0 Å². The highest BCUT2D eigenvalue weighted by molar-refractivity contribution is 7.17. The zero-order valence-corrected chi connectivity index (χ0v) is 9.47. The van der Waals surface area contributed by atoms with Crippen LogP contribution in [0.1, 0.15) is 23.0 Å². The Kier molecular flexibility index (Phi) is 4.48. The molecule has 0 saturated heterocycles. The fourth-order valence-electron chi connectivity index (χ4n) is 0.998. The van der Waals surface area contributed by atoms with E-state index in [4.69, 9.17) is 0 Å². The monoisotopic (exact) mass is 238 g/mol. The number of nitrogens with one attached hydrogen (secondary N) is 1. The zero-order valence-electron chi connectivity index (χ0n) is 8.65. The van der Waals surface area contributed by atoms with E-state index < -0.39 is 4.92 Å². The van der Waals surface area contributed by atoms with Crippen LogP contribution in [0.2, 0.25) is 0 Å². The molecule has 0 aliphatic heterocycles. The van der Waals surface area contributed by atoms with E-state index in [1.807, 2.05) is 0 Å². The van der Waals surface area contributed by atoms with Crippen LogP contribution in [0.5, 0.6) is 0 Å². The van der Waals surface area contributed by atoms with Gasteiger partial charge in [0.25, 0.3) is 5.91 Å². The average Bonchev–Trinajstić information content (AvgIpc) is 2.73. The topological polar surface area (TPSA) is 72.2 Å². The lowest BCUT2D eigenvalue weighted by Gasteiger charge is -1.98. The summed E-state index contributed by atoms with van der Waals surface area (Å²) in [5, 5.41) is 13.0. The Labute approximate surface area is 96.6 Å². The van der Waals surface area contributed by atoms with Gasteiger partial charge < -0.3 is 5.32 Å². The van der Waals surface area contributed by atoms with Crippen molar-refractivity contribution < 1.29 is 9.72 Å². The molecule has 0 spiro atoms. The number of amides is 1. The van der Waals surface area contributed by atoms with Gasteiger partial charge in [-0.1, -0.05) is 11.3 Å². The summed E-state index contributed by atoms with van der Waals surface area (Å²) < 4.78 is 0. The number of carbonyl (C=O) groups excluding carboxylic acids is 1. The molecule has 0 radical (unpaired) electrons. The molecule has 84 valence electrons. The summed E-state index contributed by atoms with van der Waals surface area (Å²) in [7, 11) is 0. The van der Waals surface area contributed by atoms with Crippen molar-refractivity contribution in [2.75, 3.05) is 6.54 Å². The first kappa shape index (κ1) is 12.2. The van der Waals surface area contributed by atoms with E-state index in [-0.39, 0.29) is 10.9 Å². The van der Waals surface area contributed by atoms with Crippen molar-refractivity contribution in [1.82, 2.24) is 5.32 Å². The Morgan fingerprint density at radius 1 is 1.62 bits per heavy atom. The number of carbonyl (C=O) groups is 1. The second kappa shape index (κ2) is 5.88. The lowest BCUT2D eigenvalue weighted by Crippen LogP contribution is -2.23. The second-order valence-electron chi connectivity index (χ2n) is 2.83. The van der Waals surface area contributed by atoms with Gasteiger partial charge in [0.2, 0.25) is 0 Å². The Morgan fingerprint density at radius 3 is 2.94 bits per heavy atom. The molecule has 1 N–H and O–H groups in total. The third-order valence-electron chi connectivity index (χ3n) is 1.71. The highest BCUT2D eigenvalue weighted by atomic mass is 32.1. The molecule has 6 heteroatoms. The summed E-state index contributed by atoms with van der Waals surface area (Å²) in [6, 6.07) is 2.77. The lowest BCUT2D eigenvalue weighted by atomic mass is 10.4. The van der Waals surface area contributed by atoms with E-state index in [9.17, 15) is 14.9 Å². The van der Waals surface area contributed by atoms with E-state index in [1.54, 1.807) is 6.92 Å². The smallest absolute Gasteiger partial charge is 0.324 e. The van der Waals surface area contributed by atoms with Gasteiger partial charge in [-0.2, -0.15) is 0 Å². The van der Waals surface area contributed by atoms with Crippen molar-refractivity contribution in [3.8, 4) is 11.8 Å². The normalized spacial score (nSPS) is 9.06. The molecule has 1 rings (SSSR count). The molecule has 1 aromatic rings. The van der Waals surface area contributed by atoms with Gasteiger partial charge in [-0.3, -0.25) is 14.9 Å². The predicted molar refractivity (Wildman–Crippen MR) is 61.4 cm³/mol. The van der Waals surface area contributed by atoms with Crippen molar-refractivity contribution in [1.29, 1.82) is 0 Å². The van der Waals surface area contributed by atoms with Crippen molar-refractivity contribution in [3.63, 3.8) is 0 Å². The summed E-state index contributed by atoms with van der Waals surface area (Å²) in [4.78, 5) is 21.7. The fraction of sp³-hybridized carbons (Fsp3) is 0.300. The maximum Gasteiger partial charge on any atom is 0.324 e. The maximum absolute atomic E-state index is 11.5. The van der Waals surface area contributed by atoms with Gasteiger partial charge in [-0.15, -0.1) is 11.8 Å². The molecule has 0 aliphatic rings. The van der Waals surface area contributed by atoms with Crippen LogP contribution in [0.3, 0.4) is 0 Å². The number of hydrogen-bond acceptors (Lipinski definition) is 4. The molecule has 0 atom stereocenters. The summed E-state index contributed by atoms with van der Waals surface area (Å²) in [5.41, 5.74) is 0. The minimum atomic E-state index is -0.510. The lowest BCUT2D eigenvalue weighted by molar-refractivity contribution is -0.380. The van der Waals surface area contributed by atoms with E-state index in [0.717, 1.165) is 11.3 Å². The van der Waals surface area contributed by atoms with E-state index in [1.165, 1.54) is 12.1 Å². The maximum atomic E-state index is 11.5. The molecular formula is C10H10N2O3S. The van der Waals surface area contributed by atoms with Gasteiger partial charge in [0.15, 0.2) is 0 Å². The molecular weight excluding hydrogens is 228 g/mol. The number of nitrogens with zero attached hydrogens (tertiary/aromatic N) is 1. The van der Waals surface area contributed by atoms with E-state index >= 15 is 0 Å². The van der Waals surface area contributed by atoms with Gasteiger partial charge in [0.1, 0.15) is 0 Å². The molecule has 16 heavy (non-hydrogen) atoms. The molecule has 0 aromatic carbocycles. The molecule has 1 aromatic heterocycles. The van der Waals surface area contributed by atoms with Crippen molar-refractivity contribution >= 4 is 22.2 Å². The number of thiophene rings is 1. The van der Waals surface area contributed by atoms with Gasteiger partial charge in [0.05, 0.1) is 9.80 Å². The van der Waals surface area contributed by atoms with Crippen LogP contribution in [0.4, 0.5) is 5.00 Å². The van der Waals surface area contributed by atoms with Crippen LogP contribution >= 0.6 is 11.3 Å². The Balaban J connectivity index is 2.51. The molecule has 0 aliphatic carbocycles. The second-order valence-corrected chi connectivity index (χ2v) is 3.89. The summed E-state index contributed by atoms with van der Waals surface area (Å²) in [5.74, 6) is 5.23. The first-order valence-electron chi connectivity index (χ1n) is 4.57. The quantitative estimate of drug-likeness (QED) is 0.376. The van der Waals surface area contributed by atoms with Crippen LogP contribution in [-0.4, -0.2) is 17.4 Å². The largest absolute Gasteiger partial charge is 0.350 e. The van der Waals surface area contributed by atoms with Crippen LogP contribution < -0.4 is 5.32 Å². The molecule has 0 bridgehead atoms. The van der Waals surface area contributed by atoms with Gasteiger partial charge in [-0.25, -0.2) is 0 Å². The minimum Gasteiger partial charge on any atom is -0.350 e. The Morgan fingerprint density at radius 2 is 2.38 bits per heavy atom. The SMILES string of the molecule is CC#CCCNC(=O)c1ccc([N+](=O)[O-])s1. The molecule has 0 saturated carbocycles. The van der Waals surface area contributed by atoms with Crippen LogP contribution in [0, 0.1) is 22.0 Å². The number of nitro groups is 1. The summed E-state index contributed by atoms with van der Waals surface area (Å²) in [6.07, 6.45) is 0.579. The van der Waals surface area contributed by atoms with E-state index in [0.29, 0.717) is 17.8 Å². The first-order chi connectivity index (χ1) is 7.65. The van der Waals surface area contributed by atoms with Gasteiger partial charge >= 0.3 is 5.00 Å². The van der Waals surface area contributed by atoms with Crippen LogP contribution in [0.25, 0.3) is 0 Å². The van der Waals surface area contributed by atoms with Crippen LogP contribution in [-0.2, 0) is 0 Å². The predicted octanol–water partition coefficient (Wildman–Crippen LogP) is 1.80. The zero-order chi connectivity index (χ0) is 12.0. The molecule has 0 fully saturated rings. The average molecular weight is 238 g/mol. The highest BCUT2D eigenvalue weighted by Gasteiger charge is 2.14. The molecule has 1 heterocycles. The third-order valence-corrected chi connectivity index (χ3v) is 2.74. The highest BCUT2D eigenvalue weighted by Crippen LogP contribution is 2.23. The van der Waals surface area contributed by atoms with E-state index in [2.05, 4.69) is 17.2 Å². The number of rotatable bonds is 4. The van der Waals surface area contributed by atoms with Crippen molar-refractivity contribution in [3.05, 3.63) is 27.1 Å². The standard InChI is InChI=1S/C10H10N2O3S/c1-2-3-4-7-11-10(13)8-5-6-9(16-8)12(14)15/h5-6H,4,7H2,1H3,(H,11,13). The molecule has 0 unspecified atom stereocenters.